The lowest BCUT2D eigenvalue weighted by Crippen LogP contribution is -2.35. The highest BCUT2D eigenvalue weighted by Crippen LogP contribution is 2.34. The molecule has 3 aromatic heterocycles. The molecule has 0 aliphatic carbocycles. The van der Waals surface area contributed by atoms with E-state index < -0.39 is 0 Å². The zero-order valence-electron chi connectivity index (χ0n) is 17.4. The Morgan fingerprint density at radius 2 is 2.06 bits per heavy atom. The number of aromatic nitrogens is 5. The summed E-state index contributed by atoms with van der Waals surface area (Å²) >= 11 is 0. The number of rotatable bonds is 6. The van der Waals surface area contributed by atoms with Crippen LogP contribution in [0.2, 0.25) is 0 Å². The van der Waals surface area contributed by atoms with Crippen LogP contribution in [0.1, 0.15) is 25.7 Å². The van der Waals surface area contributed by atoms with Gasteiger partial charge in [-0.2, -0.15) is 5.10 Å². The molecular weight excluding hydrogens is 402 g/mol. The molecule has 3 aromatic rings. The predicted molar refractivity (Wildman–Crippen MR) is 110 cm³/mol. The molecule has 0 aromatic carbocycles. The van der Waals surface area contributed by atoms with Gasteiger partial charge in [-0.1, -0.05) is 0 Å². The Hall–Kier alpha value is -3.05. The van der Waals surface area contributed by atoms with Crippen molar-refractivity contribution in [1.82, 2.24) is 29.9 Å². The fourth-order valence-corrected chi connectivity index (χ4v) is 3.96. The summed E-state index contributed by atoms with van der Waals surface area (Å²) in [6.45, 7) is 6.80. The molecule has 2 aliphatic heterocycles. The van der Waals surface area contributed by atoms with Crippen molar-refractivity contribution < 1.29 is 18.7 Å². The molecule has 1 unspecified atom stereocenters. The zero-order chi connectivity index (χ0) is 21.2. The lowest BCUT2D eigenvalue weighted by molar-refractivity contribution is -0.147. The highest BCUT2D eigenvalue weighted by atomic mass is 16.5. The molecule has 2 fully saturated rings. The summed E-state index contributed by atoms with van der Waals surface area (Å²) in [5.74, 6) is 0.738. The Kier molecular flexibility index (Phi) is 5.51. The van der Waals surface area contributed by atoms with Crippen molar-refractivity contribution in [3.63, 3.8) is 0 Å². The van der Waals surface area contributed by atoms with Crippen LogP contribution in [0, 0.1) is 0 Å². The summed E-state index contributed by atoms with van der Waals surface area (Å²) in [4.78, 5) is 18.6. The third-order valence-electron chi connectivity index (χ3n) is 5.62. The predicted octanol–water partition coefficient (Wildman–Crippen LogP) is 1.45. The van der Waals surface area contributed by atoms with Crippen molar-refractivity contribution in [2.75, 3.05) is 38.2 Å². The van der Waals surface area contributed by atoms with E-state index in [2.05, 4.69) is 30.5 Å². The van der Waals surface area contributed by atoms with Crippen molar-refractivity contribution >= 4 is 22.7 Å². The monoisotopic (exact) mass is 427 g/mol. The first-order valence-corrected chi connectivity index (χ1v) is 10.6. The fraction of sp³-hybridized carbons (Fsp3) is 0.550. The van der Waals surface area contributed by atoms with Crippen LogP contribution in [0.15, 0.2) is 16.8 Å². The number of pyridine rings is 1. The third kappa shape index (κ3) is 4.10. The number of morpholine rings is 1. The Bertz CT molecular complexity index is 1070. The van der Waals surface area contributed by atoms with E-state index in [9.17, 15) is 4.79 Å². The molecule has 5 rings (SSSR count). The van der Waals surface area contributed by atoms with Crippen LogP contribution in [0.5, 0.6) is 0 Å². The molecule has 164 valence electrons. The van der Waals surface area contributed by atoms with E-state index >= 15 is 0 Å². The van der Waals surface area contributed by atoms with Gasteiger partial charge in [-0.3, -0.25) is 9.69 Å². The number of aryl methyl sites for hydroxylation is 1. The van der Waals surface area contributed by atoms with Crippen molar-refractivity contribution in [3.8, 4) is 11.5 Å². The molecule has 0 saturated carbocycles. The van der Waals surface area contributed by atoms with Crippen LogP contribution < -0.4 is 5.32 Å². The van der Waals surface area contributed by atoms with Gasteiger partial charge in [0.25, 0.3) is 5.89 Å². The van der Waals surface area contributed by atoms with Crippen molar-refractivity contribution in [1.29, 1.82) is 0 Å². The number of anilines is 1. The van der Waals surface area contributed by atoms with Crippen LogP contribution in [0.25, 0.3) is 22.5 Å². The number of nitrogens with zero attached hydrogens (tertiary/aromatic N) is 6. The standard InChI is InChI=1S/C20H25N7O4/c1-2-27-19-14(11-22-27)18(23-13-3-6-30-17(28)9-13)15(10-21-19)20-25-24-16(31-20)12-26-4-7-29-8-5-26/h10-11,13H,2-9,12H2,1H3,(H,21,23). The van der Waals surface area contributed by atoms with Crippen LogP contribution in [0.4, 0.5) is 5.69 Å². The highest BCUT2D eigenvalue weighted by Gasteiger charge is 2.25. The lowest BCUT2D eigenvalue weighted by Gasteiger charge is -2.25. The van der Waals surface area contributed by atoms with E-state index in [1.165, 1.54) is 0 Å². The van der Waals surface area contributed by atoms with E-state index in [-0.39, 0.29) is 12.0 Å². The Morgan fingerprint density at radius 3 is 2.87 bits per heavy atom. The number of esters is 1. The van der Waals surface area contributed by atoms with Gasteiger partial charge < -0.3 is 19.2 Å². The average Bonchev–Trinajstić information content (AvgIpc) is 3.42. The van der Waals surface area contributed by atoms with Gasteiger partial charge in [-0.25, -0.2) is 9.67 Å². The topological polar surface area (TPSA) is 120 Å². The van der Waals surface area contributed by atoms with Crippen LogP contribution in [0.3, 0.4) is 0 Å². The number of carbonyl (C=O) groups excluding carboxylic acids is 1. The Labute approximate surface area is 178 Å². The van der Waals surface area contributed by atoms with Gasteiger partial charge in [0.05, 0.1) is 55.6 Å². The number of hydrogen-bond acceptors (Lipinski definition) is 10. The molecule has 0 spiro atoms. The molecule has 1 atom stereocenters. The van der Waals surface area contributed by atoms with Crippen molar-refractivity contribution in [2.45, 2.75) is 38.9 Å². The minimum Gasteiger partial charge on any atom is -0.466 e. The summed E-state index contributed by atoms with van der Waals surface area (Å²) < 4.78 is 18.3. The van der Waals surface area contributed by atoms with Gasteiger partial charge in [0.2, 0.25) is 5.89 Å². The SMILES string of the molecule is CCn1ncc2c(NC3CCOC(=O)C3)c(-c3nnc(CN4CCOCC4)o3)cnc21. The van der Waals surface area contributed by atoms with E-state index in [1.807, 2.05) is 11.6 Å². The number of hydrogen-bond donors (Lipinski definition) is 1. The summed E-state index contributed by atoms with van der Waals surface area (Å²) in [5.41, 5.74) is 2.26. The molecular formula is C20H25N7O4. The molecule has 0 radical (unpaired) electrons. The van der Waals surface area contributed by atoms with Gasteiger partial charge in [0.15, 0.2) is 5.65 Å². The molecule has 31 heavy (non-hydrogen) atoms. The number of ether oxygens (including phenoxy) is 2. The highest BCUT2D eigenvalue weighted by molar-refractivity contribution is 5.96. The smallest absolute Gasteiger partial charge is 0.307 e. The van der Waals surface area contributed by atoms with Crippen LogP contribution >= 0.6 is 0 Å². The summed E-state index contributed by atoms with van der Waals surface area (Å²) in [7, 11) is 0. The maximum atomic E-state index is 11.8. The third-order valence-corrected chi connectivity index (χ3v) is 5.62. The van der Waals surface area contributed by atoms with Crippen molar-refractivity contribution in [2.24, 2.45) is 0 Å². The number of fused-ring (bicyclic) bond motifs is 1. The van der Waals surface area contributed by atoms with E-state index in [0.717, 1.165) is 36.2 Å². The van der Waals surface area contributed by atoms with Gasteiger partial charge in [-0.05, 0) is 6.92 Å². The molecule has 1 N–H and O–H groups in total. The summed E-state index contributed by atoms with van der Waals surface area (Å²) in [6.07, 6.45) is 4.54. The maximum Gasteiger partial charge on any atom is 0.307 e. The largest absolute Gasteiger partial charge is 0.466 e. The second-order valence-corrected chi connectivity index (χ2v) is 7.69. The number of carbonyl (C=O) groups is 1. The lowest BCUT2D eigenvalue weighted by atomic mass is 10.1. The fourth-order valence-electron chi connectivity index (χ4n) is 3.96. The van der Waals surface area contributed by atoms with E-state index in [0.29, 0.717) is 56.7 Å². The number of nitrogens with one attached hydrogen (secondary N) is 1. The van der Waals surface area contributed by atoms with Crippen LogP contribution in [-0.2, 0) is 27.4 Å². The first kappa shape index (κ1) is 19.9. The summed E-state index contributed by atoms with van der Waals surface area (Å²) in [6, 6.07) is -0.0497. The zero-order valence-corrected chi connectivity index (χ0v) is 17.4. The van der Waals surface area contributed by atoms with E-state index in [1.54, 1.807) is 12.4 Å². The quantitative estimate of drug-likeness (QED) is 0.579. The average molecular weight is 427 g/mol. The van der Waals surface area contributed by atoms with Gasteiger partial charge in [0, 0.05) is 38.3 Å². The second kappa shape index (κ2) is 8.60. The second-order valence-electron chi connectivity index (χ2n) is 7.69. The molecule has 2 aliphatic rings. The minimum absolute atomic E-state index is 0.0497. The normalized spacial score (nSPS) is 20.2. The molecule has 2 saturated heterocycles. The first-order valence-electron chi connectivity index (χ1n) is 10.6. The molecule has 11 nitrogen and oxygen atoms in total. The maximum absolute atomic E-state index is 11.8. The molecule has 5 heterocycles. The minimum atomic E-state index is -0.203. The number of cyclic esters (lactones) is 1. The Balaban J connectivity index is 1.48. The Morgan fingerprint density at radius 1 is 1.19 bits per heavy atom. The van der Waals surface area contributed by atoms with Crippen LogP contribution in [-0.4, -0.2) is 74.8 Å². The molecule has 0 amide bonds. The van der Waals surface area contributed by atoms with Gasteiger partial charge >= 0.3 is 5.97 Å². The molecule has 0 bridgehead atoms. The van der Waals surface area contributed by atoms with Crippen molar-refractivity contribution in [3.05, 3.63) is 18.3 Å². The van der Waals surface area contributed by atoms with Gasteiger partial charge in [0.1, 0.15) is 0 Å². The molecule has 11 heteroatoms. The summed E-state index contributed by atoms with van der Waals surface area (Å²) in [5, 5.41) is 17.3. The van der Waals surface area contributed by atoms with Gasteiger partial charge in [-0.15, -0.1) is 10.2 Å². The first-order chi connectivity index (χ1) is 15.2. The van der Waals surface area contributed by atoms with E-state index in [4.69, 9.17) is 13.9 Å².